The molecule has 0 saturated heterocycles. The van der Waals surface area contributed by atoms with Gasteiger partial charge in [0.05, 0.1) is 5.02 Å². The molecule has 106 valence electrons. The third-order valence-corrected chi connectivity index (χ3v) is 2.99. The molecule has 1 amide bonds. The van der Waals surface area contributed by atoms with E-state index in [2.05, 4.69) is 5.32 Å². The number of nitrogens with one attached hydrogen (secondary N) is 1. The lowest BCUT2D eigenvalue weighted by Gasteiger charge is -2.16. The molecule has 0 aliphatic heterocycles. The van der Waals surface area contributed by atoms with Crippen LogP contribution in [0.3, 0.4) is 0 Å². The Morgan fingerprint density at radius 1 is 1.47 bits per heavy atom. The van der Waals surface area contributed by atoms with Crippen molar-refractivity contribution in [1.82, 2.24) is 9.88 Å². The predicted molar refractivity (Wildman–Crippen MR) is 73.6 cm³/mol. The Bertz CT molecular complexity index is 468. The smallest absolute Gasteiger partial charge is 0.326 e. The molecule has 0 saturated carbocycles. The van der Waals surface area contributed by atoms with E-state index in [9.17, 15) is 9.59 Å². The number of nitrogens with zero attached hydrogens (tertiary/aromatic N) is 1. The van der Waals surface area contributed by atoms with Crippen LogP contribution in [-0.2, 0) is 4.79 Å². The minimum absolute atomic E-state index is 0.0719. The van der Waals surface area contributed by atoms with E-state index in [1.165, 1.54) is 0 Å². The van der Waals surface area contributed by atoms with Gasteiger partial charge in [-0.3, -0.25) is 4.79 Å². The van der Waals surface area contributed by atoms with Crippen LogP contribution in [0.5, 0.6) is 0 Å². The van der Waals surface area contributed by atoms with Crippen LogP contribution < -0.4 is 5.32 Å². The molecular formula is C13H19ClN2O3. The number of aliphatic carboxylic acids is 1. The molecule has 0 aromatic carbocycles. The van der Waals surface area contributed by atoms with Crippen LogP contribution in [-0.4, -0.2) is 27.6 Å². The van der Waals surface area contributed by atoms with Gasteiger partial charge in [0.25, 0.3) is 5.91 Å². The first kappa shape index (κ1) is 15.6. The highest BCUT2D eigenvalue weighted by molar-refractivity contribution is 6.31. The van der Waals surface area contributed by atoms with Crippen molar-refractivity contribution in [3.63, 3.8) is 0 Å². The van der Waals surface area contributed by atoms with E-state index in [1.54, 1.807) is 16.8 Å². The summed E-state index contributed by atoms with van der Waals surface area (Å²) in [5, 5.41) is 12.0. The van der Waals surface area contributed by atoms with E-state index in [4.69, 9.17) is 16.7 Å². The van der Waals surface area contributed by atoms with E-state index < -0.39 is 17.9 Å². The first-order chi connectivity index (χ1) is 8.86. The van der Waals surface area contributed by atoms with Gasteiger partial charge in [0, 0.05) is 12.2 Å². The SMILES string of the molecule is CCC[C@H](NC(=O)c1cc(Cl)cn1C(C)C)C(=O)O. The number of carboxylic acids is 1. The Kier molecular flexibility index (Phi) is 5.42. The number of halogens is 1. The van der Waals surface area contributed by atoms with Crippen molar-refractivity contribution in [1.29, 1.82) is 0 Å². The Hall–Kier alpha value is -1.49. The van der Waals surface area contributed by atoms with Crippen molar-refractivity contribution in [3.05, 3.63) is 23.0 Å². The van der Waals surface area contributed by atoms with Gasteiger partial charge >= 0.3 is 5.97 Å². The fourth-order valence-corrected chi connectivity index (χ4v) is 2.04. The number of amides is 1. The van der Waals surface area contributed by atoms with Crippen LogP contribution in [0.4, 0.5) is 0 Å². The minimum Gasteiger partial charge on any atom is -0.480 e. The third kappa shape index (κ3) is 3.99. The number of carbonyl (C=O) groups is 2. The lowest BCUT2D eigenvalue weighted by atomic mass is 10.1. The number of carboxylic acid groups (broad SMARTS) is 1. The summed E-state index contributed by atoms with van der Waals surface area (Å²) in [5.41, 5.74) is 0.377. The maximum atomic E-state index is 12.1. The Morgan fingerprint density at radius 2 is 2.11 bits per heavy atom. The number of hydrogen-bond donors (Lipinski definition) is 2. The number of hydrogen-bond acceptors (Lipinski definition) is 2. The third-order valence-electron chi connectivity index (χ3n) is 2.78. The summed E-state index contributed by atoms with van der Waals surface area (Å²) in [6.45, 7) is 5.72. The molecule has 0 aliphatic carbocycles. The lowest BCUT2D eigenvalue weighted by Crippen LogP contribution is -2.41. The molecule has 1 atom stereocenters. The zero-order valence-electron chi connectivity index (χ0n) is 11.3. The summed E-state index contributed by atoms with van der Waals surface area (Å²) in [5.74, 6) is -1.44. The van der Waals surface area contributed by atoms with E-state index in [1.807, 2.05) is 20.8 Å². The van der Waals surface area contributed by atoms with Gasteiger partial charge in [-0.25, -0.2) is 4.79 Å². The first-order valence-electron chi connectivity index (χ1n) is 6.27. The van der Waals surface area contributed by atoms with Gasteiger partial charge in [-0.15, -0.1) is 0 Å². The normalized spacial score (nSPS) is 12.5. The van der Waals surface area contributed by atoms with Crippen LogP contribution in [0.25, 0.3) is 0 Å². The predicted octanol–water partition coefficient (Wildman–Crippen LogP) is 2.71. The number of aromatic nitrogens is 1. The molecule has 1 aromatic rings. The molecule has 2 N–H and O–H groups in total. The van der Waals surface area contributed by atoms with Crippen molar-refractivity contribution < 1.29 is 14.7 Å². The fraction of sp³-hybridized carbons (Fsp3) is 0.538. The van der Waals surface area contributed by atoms with Gasteiger partial charge in [0.15, 0.2) is 0 Å². The Labute approximate surface area is 117 Å². The maximum Gasteiger partial charge on any atom is 0.326 e. The maximum absolute atomic E-state index is 12.1. The molecule has 0 unspecified atom stereocenters. The Morgan fingerprint density at radius 3 is 2.58 bits per heavy atom. The monoisotopic (exact) mass is 286 g/mol. The molecule has 1 rings (SSSR count). The minimum atomic E-state index is -1.02. The zero-order valence-corrected chi connectivity index (χ0v) is 12.1. The number of carbonyl (C=O) groups excluding carboxylic acids is 1. The first-order valence-corrected chi connectivity index (χ1v) is 6.65. The van der Waals surface area contributed by atoms with Gasteiger partial charge in [0.2, 0.25) is 0 Å². The van der Waals surface area contributed by atoms with E-state index in [-0.39, 0.29) is 6.04 Å². The topological polar surface area (TPSA) is 71.3 Å². The summed E-state index contributed by atoms with van der Waals surface area (Å²) in [6.07, 6.45) is 2.75. The van der Waals surface area contributed by atoms with Crippen LogP contribution in [0.2, 0.25) is 5.02 Å². The molecule has 6 heteroatoms. The van der Waals surface area contributed by atoms with E-state index in [0.29, 0.717) is 23.6 Å². The van der Waals surface area contributed by atoms with Crippen LogP contribution in [0, 0.1) is 0 Å². The van der Waals surface area contributed by atoms with Crippen molar-refractivity contribution in [2.24, 2.45) is 0 Å². The quantitative estimate of drug-likeness (QED) is 0.844. The van der Waals surface area contributed by atoms with E-state index in [0.717, 1.165) is 0 Å². The highest BCUT2D eigenvalue weighted by Crippen LogP contribution is 2.19. The van der Waals surface area contributed by atoms with Crippen LogP contribution in [0.15, 0.2) is 12.3 Å². The van der Waals surface area contributed by atoms with Crippen LogP contribution >= 0.6 is 11.6 Å². The standard InChI is InChI=1S/C13H19ClN2O3/c1-4-5-10(13(18)19)15-12(17)11-6-9(14)7-16(11)8(2)3/h6-8,10H,4-5H2,1-3H3,(H,15,17)(H,18,19)/t10-/m0/s1. The zero-order chi connectivity index (χ0) is 14.6. The highest BCUT2D eigenvalue weighted by atomic mass is 35.5. The average molecular weight is 287 g/mol. The molecule has 0 aliphatic rings. The summed E-state index contributed by atoms with van der Waals surface area (Å²) in [4.78, 5) is 23.2. The molecule has 1 aromatic heterocycles. The molecular weight excluding hydrogens is 268 g/mol. The summed E-state index contributed by atoms with van der Waals surface area (Å²) in [6, 6.07) is 0.747. The van der Waals surface area contributed by atoms with Gasteiger partial charge in [0.1, 0.15) is 11.7 Å². The average Bonchev–Trinajstić information content (AvgIpc) is 2.70. The molecule has 5 nitrogen and oxygen atoms in total. The fourth-order valence-electron chi connectivity index (χ4n) is 1.83. The summed E-state index contributed by atoms with van der Waals surface area (Å²) < 4.78 is 1.72. The molecule has 0 radical (unpaired) electrons. The molecule has 0 fully saturated rings. The van der Waals surface area contributed by atoms with Gasteiger partial charge in [-0.2, -0.15) is 0 Å². The van der Waals surface area contributed by atoms with Gasteiger partial charge < -0.3 is 15.0 Å². The summed E-state index contributed by atoms with van der Waals surface area (Å²) in [7, 11) is 0. The van der Waals surface area contributed by atoms with Crippen molar-refractivity contribution in [2.75, 3.05) is 0 Å². The second kappa shape index (κ2) is 6.61. The van der Waals surface area contributed by atoms with Crippen LogP contribution in [0.1, 0.15) is 50.1 Å². The van der Waals surface area contributed by atoms with E-state index >= 15 is 0 Å². The second-order valence-corrected chi connectivity index (χ2v) is 5.13. The molecule has 19 heavy (non-hydrogen) atoms. The molecule has 0 bridgehead atoms. The van der Waals surface area contributed by atoms with Crippen molar-refractivity contribution >= 4 is 23.5 Å². The second-order valence-electron chi connectivity index (χ2n) is 4.70. The van der Waals surface area contributed by atoms with Gasteiger partial charge in [-0.05, 0) is 26.3 Å². The highest BCUT2D eigenvalue weighted by Gasteiger charge is 2.22. The molecule has 1 heterocycles. The van der Waals surface area contributed by atoms with Crippen molar-refractivity contribution in [3.8, 4) is 0 Å². The van der Waals surface area contributed by atoms with Crippen molar-refractivity contribution in [2.45, 2.75) is 45.7 Å². The summed E-state index contributed by atoms with van der Waals surface area (Å²) >= 11 is 5.90. The van der Waals surface area contributed by atoms with Gasteiger partial charge in [-0.1, -0.05) is 24.9 Å². The Balaban J connectivity index is 2.91. The lowest BCUT2D eigenvalue weighted by molar-refractivity contribution is -0.139. The molecule has 0 spiro atoms. The largest absolute Gasteiger partial charge is 0.480 e. The number of rotatable bonds is 6.